The molecule has 9 nitrogen and oxygen atoms in total. The summed E-state index contributed by atoms with van der Waals surface area (Å²) in [5.74, 6) is -2.20. The molecule has 0 radical (unpaired) electrons. The van der Waals surface area contributed by atoms with E-state index in [9.17, 15) is 23.1 Å². The standard InChI is InChI=1S/C23H25ClN4O5S/c1-13-6-5-7-18(8-13)34(32,33)15(3)14(2)23(31)27-19-10-22(30)20(26-16(4)29)9-21(19)28-12-17(24)11-25-28/h5-12,14-15,30H,1-4H3,(H,26,29)(H,27,31). The van der Waals surface area contributed by atoms with Crippen molar-refractivity contribution in [1.29, 1.82) is 0 Å². The molecule has 3 N–H and O–H groups in total. The van der Waals surface area contributed by atoms with Gasteiger partial charge in [-0.05, 0) is 37.6 Å². The van der Waals surface area contributed by atoms with Crippen LogP contribution in [0, 0.1) is 12.8 Å². The third-order valence-electron chi connectivity index (χ3n) is 5.41. The Morgan fingerprint density at radius 3 is 2.41 bits per heavy atom. The van der Waals surface area contributed by atoms with Crippen LogP contribution in [0.5, 0.6) is 5.75 Å². The Morgan fingerprint density at radius 2 is 1.82 bits per heavy atom. The predicted molar refractivity (Wildman–Crippen MR) is 130 cm³/mol. The van der Waals surface area contributed by atoms with Gasteiger partial charge in [0.1, 0.15) is 5.75 Å². The Hall–Kier alpha value is -3.37. The molecule has 1 aromatic heterocycles. The number of hydrogen-bond donors (Lipinski definition) is 3. The van der Waals surface area contributed by atoms with Crippen LogP contribution in [0.1, 0.15) is 26.3 Å². The van der Waals surface area contributed by atoms with E-state index >= 15 is 0 Å². The van der Waals surface area contributed by atoms with E-state index in [1.54, 1.807) is 25.1 Å². The third kappa shape index (κ3) is 5.40. The molecule has 3 aromatic rings. The monoisotopic (exact) mass is 504 g/mol. The van der Waals surface area contributed by atoms with E-state index in [2.05, 4.69) is 15.7 Å². The molecule has 0 bridgehead atoms. The Bertz CT molecular complexity index is 1350. The van der Waals surface area contributed by atoms with Crippen LogP contribution in [-0.4, -0.2) is 40.4 Å². The number of sulfone groups is 1. The molecule has 0 spiro atoms. The van der Waals surface area contributed by atoms with Crippen LogP contribution in [0.25, 0.3) is 5.69 Å². The number of amides is 2. The first-order valence-corrected chi connectivity index (χ1v) is 12.3. The van der Waals surface area contributed by atoms with Crippen molar-refractivity contribution in [2.75, 3.05) is 10.6 Å². The second-order valence-corrected chi connectivity index (χ2v) is 10.8. The molecule has 0 aliphatic carbocycles. The SMILES string of the molecule is CC(=O)Nc1cc(-n2cc(Cl)cn2)c(NC(=O)C(C)C(C)S(=O)(=O)c2cccc(C)c2)cc1O. The van der Waals surface area contributed by atoms with Gasteiger partial charge in [-0.2, -0.15) is 5.10 Å². The maximum Gasteiger partial charge on any atom is 0.228 e. The van der Waals surface area contributed by atoms with Crippen LogP contribution in [0.15, 0.2) is 53.7 Å². The first kappa shape index (κ1) is 25.3. The van der Waals surface area contributed by atoms with Gasteiger partial charge in [-0.1, -0.05) is 30.7 Å². The highest BCUT2D eigenvalue weighted by Gasteiger charge is 2.33. The average molecular weight is 505 g/mol. The normalized spacial score (nSPS) is 13.2. The van der Waals surface area contributed by atoms with Crippen molar-refractivity contribution in [2.45, 2.75) is 37.8 Å². The first-order chi connectivity index (χ1) is 15.9. The molecule has 2 unspecified atom stereocenters. The van der Waals surface area contributed by atoms with Gasteiger partial charge in [0, 0.05) is 19.2 Å². The lowest BCUT2D eigenvalue weighted by Gasteiger charge is -2.21. The van der Waals surface area contributed by atoms with Gasteiger partial charge in [0.15, 0.2) is 9.84 Å². The molecular formula is C23H25ClN4O5S. The number of carbonyl (C=O) groups is 2. The number of halogens is 1. The minimum atomic E-state index is -3.78. The molecule has 0 aliphatic heterocycles. The zero-order chi connectivity index (χ0) is 25.2. The molecule has 0 saturated heterocycles. The molecule has 0 fully saturated rings. The lowest BCUT2D eigenvalue weighted by molar-refractivity contribution is -0.119. The Labute approximate surface area is 202 Å². The molecule has 2 amide bonds. The van der Waals surface area contributed by atoms with Crippen molar-refractivity contribution in [1.82, 2.24) is 9.78 Å². The summed E-state index contributed by atoms with van der Waals surface area (Å²) in [4.78, 5) is 24.7. The number of phenols is 1. The van der Waals surface area contributed by atoms with Crippen LogP contribution in [0.3, 0.4) is 0 Å². The number of carbonyl (C=O) groups excluding carboxylic acids is 2. The molecule has 3 rings (SSSR count). The first-order valence-electron chi connectivity index (χ1n) is 10.4. The number of anilines is 2. The summed E-state index contributed by atoms with van der Waals surface area (Å²) < 4.78 is 27.5. The van der Waals surface area contributed by atoms with Crippen molar-refractivity contribution in [2.24, 2.45) is 5.92 Å². The molecule has 2 aromatic carbocycles. The van der Waals surface area contributed by atoms with Crippen LogP contribution in [-0.2, 0) is 19.4 Å². The molecule has 2 atom stereocenters. The van der Waals surface area contributed by atoms with E-state index in [0.717, 1.165) is 5.56 Å². The zero-order valence-electron chi connectivity index (χ0n) is 19.0. The number of nitrogens with one attached hydrogen (secondary N) is 2. The maximum atomic E-state index is 13.1. The van der Waals surface area contributed by atoms with Crippen LogP contribution in [0.2, 0.25) is 5.02 Å². The summed E-state index contributed by atoms with van der Waals surface area (Å²) in [5.41, 5.74) is 1.37. The summed E-state index contributed by atoms with van der Waals surface area (Å²) in [7, 11) is -3.78. The van der Waals surface area contributed by atoms with Gasteiger partial charge in [-0.3, -0.25) is 9.59 Å². The average Bonchev–Trinajstić information content (AvgIpc) is 3.20. The van der Waals surface area contributed by atoms with Crippen LogP contribution < -0.4 is 10.6 Å². The number of nitrogens with zero attached hydrogens (tertiary/aromatic N) is 2. The highest BCUT2D eigenvalue weighted by atomic mass is 35.5. The molecule has 11 heteroatoms. The summed E-state index contributed by atoms with van der Waals surface area (Å²) in [6.07, 6.45) is 2.87. The summed E-state index contributed by atoms with van der Waals surface area (Å²) >= 11 is 5.98. The minimum Gasteiger partial charge on any atom is -0.506 e. The number of aromatic hydroxyl groups is 1. The number of aromatic nitrogens is 2. The second-order valence-electron chi connectivity index (χ2n) is 8.02. The largest absolute Gasteiger partial charge is 0.506 e. The summed E-state index contributed by atoms with van der Waals surface area (Å²) in [6.45, 7) is 6.08. The van der Waals surface area contributed by atoms with E-state index < -0.39 is 32.8 Å². The van der Waals surface area contributed by atoms with E-state index in [4.69, 9.17) is 11.6 Å². The Balaban J connectivity index is 1.94. The van der Waals surface area contributed by atoms with Crippen LogP contribution >= 0.6 is 11.6 Å². The fourth-order valence-electron chi connectivity index (χ4n) is 3.32. The van der Waals surface area contributed by atoms with E-state index in [1.165, 1.54) is 56.0 Å². The molecule has 0 aliphatic rings. The molecular weight excluding hydrogens is 480 g/mol. The quantitative estimate of drug-likeness (QED) is 0.418. The Morgan fingerprint density at radius 1 is 1.12 bits per heavy atom. The lowest BCUT2D eigenvalue weighted by atomic mass is 10.1. The topological polar surface area (TPSA) is 130 Å². The van der Waals surface area contributed by atoms with Gasteiger partial charge in [0.05, 0.1) is 44.3 Å². The van der Waals surface area contributed by atoms with Crippen molar-refractivity contribution < 1.29 is 23.1 Å². The minimum absolute atomic E-state index is 0.107. The van der Waals surface area contributed by atoms with Gasteiger partial charge >= 0.3 is 0 Å². The highest BCUT2D eigenvalue weighted by Crippen LogP contribution is 2.34. The van der Waals surface area contributed by atoms with Gasteiger partial charge < -0.3 is 15.7 Å². The molecule has 34 heavy (non-hydrogen) atoms. The number of rotatable bonds is 7. The fourth-order valence-corrected chi connectivity index (χ4v) is 5.17. The molecule has 180 valence electrons. The number of aryl methyl sites for hydroxylation is 1. The fraction of sp³-hybridized carbons (Fsp3) is 0.261. The van der Waals surface area contributed by atoms with E-state index in [0.29, 0.717) is 10.7 Å². The van der Waals surface area contributed by atoms with Gasteiger partial charge in [0.2, 0.25) is 11.8 Å². The van der Waals surface area contributed by atoms with Gasteiger partial charge in [-0.15, -0.1) is 0 Å². The maximum absolute atomic E-state index is 13.1. The number of phenolic OH excluding ortho intramolecular Hbond substituents is 1. The summed E-state index contributed by atoms with van der Waals surface area (Å²) in [5, 5.41) is 19.0. The molecule has 0 saturated carbocycles. The van der Waals surface area contributed by atoms with Gasteiger partial charge in [-0.25, -0.2) is 13.1 Å². The smallest absolute Gasteiger partial charge is 0.228 e. The van der Waals surface area contributed by atoms with Crippen molar-refractivity contribution in [3.05, 3.63) is 59.4 Å². The van der Waals surface area contributed by atoms with Crippen molar-refractivity contribution in [3.63, 3.8) is 0 Å². The van der Waals surface area contributed by atoms with Gasteiger partial charge in [0.25, 0.3) is 0 Å². The zero-order valence-corrected chi connectivity index (χ0v) is 20.6. The lowest BCUT2D eigenvalue weighted by Crippen LogP contribution is -2.34. The number of hydrogen-bond acceptors (Lipinski definition) is 6. The highest BCUT2D eigenvalue weighted by molar-refractivity contribution is 7.92. The Kier molecular flexibility index (Phi) is 7.32. The second kappa shape index (κ2) is 9.86. The van der Waals surface area contributed by atoms with E-state index in [-0.39, 0.29) is 22.0 Å². The van der Waals surface area contributed by atoms with Crippen molar-refractivity contribution in [3.8, 4) is 11.4 Å². The van der Waals surface area contributed by atoms with Crippen LogP contribution in [0.4, 0.5) is 11.4 Å². The summed E-state index contributed by atoms with van der Waals surface area (Å²) in [6, 6.07) is 9.19. The third-order valence-corrected chi connectivity index (χ3v) is 7.90. The predicted octanol–water partition coefficient (Wildman–Crippen LogP) is 3.94. The number of benzene rings is 2. The van der Waals surface area contributed by atoms with E-state index in [1.807, 2.05) is 0 Å². The molecule has 1 heterocycles. The van der Waals surface area contributed by atoms with Crippen molar-refractivity contribution >= 4 is 44.6 Å².